The van der Waals surface area contributed by atoms with Crippen molar-refractivity contribution in [2.45, 2.75) is 65.3 Å². The molecular weight excluding hydrogens is 256 g/mol. The fraction of sp³-hybridized carbons (Fsp3) is 0.800. The molecule has 0 aliphatic rings. The number of carbonyl (C=O) groups is 1. The van der Waals surface area contributed by atoms with Crippen LogP contribution >= 0.6 is 0 Å². The molecule has 0 heterocycles. The fourth-order valence-corrected chi connectivity index (χ4v) is 3.08. The van der Waals surface area contributed by atoms with Gasteiger partial charge in [0.05, 0.1) is 18.6 Å². The van der Waals surface area contributed by atoms with Crippen LogP contribution in [0.2, 0.25) is 18.1 Å². The highest BCUT2D eigenvalue weighted by Crippen LogP contribution is 2.38. The predicted octanol–water partition coefficient (Wildman–Crippen LogP) is 4.15. The second-order valence-electron chi connectivity index (χ2n) is 6.47. The Morgan fingerprint density at radius 2 is 1.89 bits per heavy atom. The fourth-order valence-electron chi connectivity index (χ4n) is 1.63. The summed E-state index contributed by atoms with van der Waals surface area (Å²) in [6.45, 7) is 18.9. The van der Waals surface area contributed by atoms with Crippen LogP contribution in [0.1, 0.15) is 41.0 Å². The highest BCUT2D eigenvalue weighted by molar-refractivity contribution is 6.74. The van der Waals surface area contributed by atoms with E-state index < -0.39 is 8.32 Å². The molecular formula is C15H30O3Si. The Balaban J connectivity index is 4.87. The van der Waals surface area contributed by atoms with Crippen LogP contribution in [0.5, 0.6) is 0 Å². The van der Waals surface area contributed by atoms with E-state index in [1.165, 1.54) is 0 Å². The standard InChI is InChI=1S/C15H30O3Si/c1-9-11-13(14(16)17-10-2)12(3)18-19(7,8)15(4,5)6/h9,12-13H,1,10-11H2,2-8H3/t12-,13-/m1/s1. The van der Waals surface area contributed by atoms with E-state index in [4.69, 9.17) is 9.16 Å². The molecule has 0 rings (SSSR count). The monoisotopic (exact) mass is 286 g/mol. The van der Waals surface area contributed by atoms with Gasteiger partial charge >= 0.3 is 5.97 Å². The van der Waals surface area contributed by atoms with Gasteiger partial charge < -0.3 is 9.16 Å². The number of hydrogen-bond donors (Lipinski definition) is 0. The topological polar surface area (TPSA) is 35.5 Å². The van der Waals surface area contributed by atoms with Crippen LogP contribution in [0.25, 0.3) is 0 Å². The lowest BCUT2D eigenvalue weighted by Gasteiger charge is -2.39. The van der Waals surface area contributed by atoms with Gasteiger partial charge in [0.25, 0.3) is 0 Å². The van der Waals surface area contributed by atoms with Crippen molar-refractivity contribution < 1.29 is 14.0 Å². The molecule has 19 heavy (non-hydrogen) atoms. The molecule has 0 saturated heterocycles. The van der Waals surface area contributed by atoms with E-state index in [1.54, 1.807) is 6.08 Å². The molecule has 3 nitrogen and oxygen atoms in total. The van der Waals surface area contributed by atoms with Crippen molar-refractivity contribution in [2.75, 3.05) is 6.61 Å². The average molecular weight is 286 g/mol. The van der Waals surface area contributed by atoms with E-state index in [0.717, 1.165) is 0 Å². The first-order valence-corrected chi connectivity index (χ1v) is 9.93. The maximum atomic E-state index is 12.0. The van der Waals surface area contributed by atoms with E-state index in [0.29, 0.717) is 13.0 Å². The zero-order valence-corrected chi connectivity index (χ0v) is 14.6. The Hall–Kier alpha value is -0.613. The zero-order valence-electron chi connectivity index (χ0n) is 13.6. The van der Waals surface area contributed by atoms with Gasteiger partial charge in [-0.05, 0) is 38.4 Å². The molecule has 0 unspecified atom stereocenters. The summed E-state index contributed by atoms with van der Waals surface area (Å²) >= 11 is 0. The van der Waals surface area contributed by atoms with Crippen molar-refractivity contribution >= 4 is 14.3 Å². The third-order valence-electron chi connectivity index (χ3n) is 3.86. The third-order valence-corrected chi connectivity index (χ3v) is 8.44. The van der Waals surface area contributed by atoms with Crippen molar-refractivity contribution in [3.8, 4) is 0 Å². The first-order valence-electron chi connectivity index (χ1n) is 7.02. The molecule has 0 N–H and O–H groups in total. The Kier molecular flexibility index (Phi) is 7.01. The molecule has 0 aromatic heterocycles. The Morgan fingerprint density at radius 1 is 1.37 bits per heavy atom. The van der Waals surface area contributed by atoms with Gasteiger partial charge in [-0.2, -0.15) is 0 Å². The Morgan fingerprint density at radius 3 is 2.26 bits per heavy atom. The lowest BCUT2D eigenvalue weighted by Crippen LogP contribution is -2.46. The minimum Gasteiger partial charge on any atom is -0.466 e. The molecule has 0 saturated carbocycles. The van der Waals surface area contributed by atoms with Crippen molar-refractivity contribution in [3.05, 3.63) is 12.7 Å². The first-order chi connectivity index (χ1) is 8.56. The molecule has 0 aromatic rings. The quantitative estimate of drug-likeness (QED) is 0.400. The SMILES string of the molecule is C=CC[C@@H](C(=O)OCC)[C@@H](C)O[Si](C)(C)C(C)(C)C. The third kappa shape index (κ3) is 5.49. The van der Waals surface area contributed by atoms with Crippen LogP contribution < -0.4 is 0 Å². The number of rotatable bonds is 7. The van der Waals surface area contributed by atoms with Gasteiger partial charge in [-0.15, -0.1) is 6.58 Å². The predicted molar refractivity (Wildman–Crippen MR) is 82.7 cm³/mol. The molecule has 0 amide bonds. The number of allylic oxidation sites excluding steroid dienone is 1. The maximum Gasteiger partial charge on any atom is 0.311 e. The molecule has 2 atom stereocenters. The molecule has 0 radical (unpaired) electrons. The summed E-state index contributed by atoms with van der Waals surface area (Å²) in [6, 6.07) is 0. The van der Waals surface area contributed by atoms with Crippen LogP contribution in [-0.4, -0.2) is 27.0 Å². The van der Waals surface area contributed by atoms with Crippen molar-refractivity contribution in [1.82, 2.24) is 0 Å². The number of hydrogen-bond acceptors (Lipinski definition) is 3. The summed E-state index contributed by atoms with van der Waals surface area (Å²) in [7, 11) is -1.87. The molecule has 0 spiro atoms. The summed E-state index contributed by atoms with van der Waals surface area (Å²) < 4.78 is 11.4. The second-order valence-corrected chi connectivity index (χ2v) is 11.2. The van der Waals surface area contributed by atoms with Crippen LogP contribution in [0.15, 0.2) is 12.7 Å². The first kappa shape index (κ1) is 18.4. The summed E-state index contributed by atoms with van der Waals surface area (Å²) in [4.78, 5) is 12.0. The largest absolute Gasteiger partial charge is 0.466 e. The molecule has 112 valence electrons. The van der Waals surface area contributed by atoms with Gasteiger partial charge in [0.2, 0.25) is 0 Å². The van der Waals surface area contributed by atoms with Gasteiger partial charge in [0.1, 0.15) is 0 Å². The molecule has 0 aliphatic carbocycles. The zero-order chi connectivity index (χ0) is 15.3. The summed E-state index contributed by atoms with van der Waals surface area (Å²) in [5, 5.41) is 0.134. The van der Waals surface area contributed by atoms with Crippen molar-refractivity contribution in [1.29, 1.82) is 0 Å². The van der Waals surface area contributed by atoms with Gasteiger partial charge in [0, 0.05) is 0 Å². The molecule has 0 aromatic carbocycles. The Bertz CT molecular complexity index is 305. The van der Waals surface area contributed by atoms with Gasteiger partial charge in [0.15, 0.2) is 8.32 Å². The highest BCUT2D eigenvalue weighted by Gasteiger charge is 2.40. The van der Waals surface area contributed by atoms with E-state index in [1.807, 2.05) is 13.8 Å². The molecule has 0 fully saturated rings. The maximum absolute atomic E-state index is 12.0. The highest BCUT2D eigenvalue weighted by atomic mass is 28.4. The Labute approximate surface area is 119 Å². The van der Waals surface area contributed by atoms with Crippen LogP contribution in [-0.2, 0) is 14.0 Å². The minimum absolute atomic E-state index is 0.134. The van der Waals surface area contributed by atoms with Crippen LogP contribution in [0.4, 0.5) is 0 Å². The second kappa shape index (κ2) is 7.24. The molecule has 4 heteroatoms. The normalized spacial score (nSPS) is 15.7. The van der Waals surface area contributed by atoms with E-state index in [2.05, 4.69) is 40.4 Å². The average Bonchev–Trinajstić information content (AvgIpc) is 2.23. The summed E-state index contributed by atoms with van der Waals surface area (Å²) in [5.41, 5.74) is 0. The van der Waals surface area contributed by atoms with E-state index in [9.17, 15) is 4.79 Å². The van der Waals surface area contributed by atoms with Crippen molar-refractivity contribution in [3.63, 3.8) is 0 Å². The van der Waals surface area contributed by atoms with Gasteiger partial charge in [-0.25, -0.2) is 0 Å². The van der Waals surface area contributed by atoms with Gasteiger partial charge in [-0.1, -0.05) is 26.8 Å². The minimum atomic E-state index is -1.87. The van der Waals surface area contributed by atoms with Crippen molar-refractivity contribution in [2.24, 2.45) is 5.92 Å². The number of esters is 1. The lowest BCUT2D eigenvalue weighted by molar-refractivity contribution is -0.151. The van der Waals surface area contributed by atoms with E-state index in [-0.39, 0.29) is 23.0 Å². The number of carbonyl (C=O) groups excluding carboxylic acids is 1. The summed E-state index contributed by atoms with van der Waals surface area (Å²) in [6.07, 6.45) is 2.21. The lowest BCUT2D eigenvalue weighted by atomic mass is 10.0. The smallest absolute Gasteiger partial charge is 0.311 e. The summed E-state index contributed by atoms with van der Waals surface area (Å²) in [5.74, 6) is -0.444. The van der Waals surface area contributed by atoms with Gasteiger partial charge in [-0.3, -0.25) is 4.79 Å². The van der Waals surface area contributed by atoms with Crippen LogP contribution in [0, 0.1) is 5.92 Å². The molecule has 0 aliphatic heterocycles. The molecule has 0 bridgehead atoms. The van der Waals surface area contributed by atoms with E-state index >= 15 is 0 Å². The van der Waals surface area contributed by atoms with Crippen LogP contribution in [0.3, 0.4) is 0 Å². The number of ether oxygens (including phenoxy) is 1.